The second-order valence-corrected chi connectivity index (χ2v) is 5.37. The molecule has 0 spiro atoms. The van der Waals surface area contributed by atoms with Crippen molar-refractivity contribution in [3.05, 3.63) is 65.9 Å². The van der Waals surface area contributed by atoms with E-state index in [0.717, 1.165) is 40.1 Å². The Bertz CT molecular complexity index is 938. The van der Waals surface area contributed by atoms with Gasteiger partial charge in [0.05, 0.1) is 27.9 Å². The lowest BCUT2D eigenvalue weighted by Gasteiger charge is -2.03. The molecule has 0 saturated heterocycles. The highest BCUT2D eigenvalue weighted by Crippen LogP contribution is 2.35. The zero-order valence-electron chi connectivity index (χ0n) is 11.2. The smallest absolute Gasteiger partial charge is 0.112 e. The van der Waals surface area contributed by atoms with Gasteiger partial charge < -0.3 is 0 Å². The van der Waals surface area contributed by atoms with Crippen molar-refractivity contribution >= 4 is 21.9 Å². The summed E-state index contributed by atoms with van der Waals surface area (Å²) >= 11 is 0. The molecule has 0 bridgehead atoms. The molecule has 0 fully saturated rings. The maximum absolute atomic E-state index is 4.80. The molecule has 2 aromatic heterocycles. The first kappa shape index (κ1) is 10.9. The van der Waals surface area contributed by atoms with Crippen LogP contribution in [-0.4, -0.2) is 15.0 Å². The van der Waals surface area contributed by atoms with Crippen molar-refractivity contribution in [2.24, 2.45) is 0 Å². The minimum absolute atomic E-state index is 0.820. The normalized spacial score (nSPS) is 12.6. The summed E-state index contributed by atoms with van der Waals surface area (Å²) in [4.78, 5) is 14.3. The third-order valence-corrected chi connectivity index (χ3v) is 4.03. The molecular weight excluding hydrogens is 258 g/mol. The number of nitrogens with zero attached hydrogens (tertiary/aromatic N) is 3. The molecule has 1 aliphatic rings. The van der Waals surface area contributed by atoms with E-state index in [-0.39, 0.29) is 0 Å². The maximum Gasteiger partial charge on any atom is 0.112 e. The zero-order valence-corrected chi connectivity index (χ0v) is 11.2. The molecule has 3 heteroatoms. The summed E-state index contributed by atoms with van der Waals surface area (Å²) in [5, 5.41) is 1.17. The quantitative estimate of drug-likeness (QED) is 0.430. The fourth-order valence-electron chi connectivity index (χ4n) is 3.03. The average molecular weight is 269 g/mol. The van der Waals surface area contributed by atoms with E-state index in [1.807, 2.05) is 42.5 Å². The average Bonchev–Trinajstić information content (AvgIpc) is 2.87. The molecule has 0 unspecified atom stereocenters. The Hall–Kier alpha value is -2.81. The van der Waals surface area contributed by atoms with Crippen molar-refractivity contribution in [3.63, 3.8) is 0 Å². The van der Waals surface area contributed by atoms with Gasteiger partial charge in [-0.05, 0) is 29.8 Å². The molecule has 0 saturated carbocycles. The van der Waals surface area contributed by atoms with Crippen molar-refractivity contribution in [2.45, 2.75) is 6.42 Å². The van der Waals surface area contributed by atoms with Crippen LogP contribution in [0.15, 0.2) is 54.6 Å². The molecule has 1 aliphatic carbocycles. The molecule has 5 rings (SSSR count). The summed E-state index contributed by atoms with van der Waals surface area (Å²) in [6.07, 6.45) is 0.820. The van der Waals surface area contributed by atoms with Gasteiger partial charge in [-0.25, -0.2) is 15.0 Å². The lowest BCUT2D eigenvalue weighted by atomic mass is 10.1. The van der Waals surface area contributed by atoms with Gasteiger partial charge in [0.1, 0.15) is 5.69 Å². The third kappa shape index (κ3) is 1.51. The van der Waals surface area contributed by atoms with E-state index in [1.54, 1.807) is 0 Å². The fourth-order valence-corrected chi connectivity index (χ4v) is 3.03. The van der Waals surface area contributed by atoms with Crippen LogP contribution in [0.25, 0.3) is 33.3 Å². The van der Waals surface area contributed by atoms with Crippen LogP contribution in [0.5, 0.6) is 0 Å². The molecule has 2 aromatic carbocycles. The van der Waals surface area contributed by atoms with E-state index in [9.17, 15) is 0 Å². The largest absolute Gasteiger partial charge is 0.248 e. The molecule has 0 aliphatic heterocycles. The van der Waals surface area contributed by atoms with Crippen molar-refractivity contribution in [2.75, 3.05) is 0 Å². The Morgan fingerprint density at radius 3 is 2.19 bits per heavy atom. The fraction of sp³-hybridized carbons (Fsp3) is 0.0556. The SMILES string of the molecule is c1ccc2nc3c(cc2c1)Cc1nc2ccccc2nc1-3. The van der Waals surface area contributed by atoms with Gasteiger partial charge in [0, 0.05) is 11.8 Å². The van der Waals surface area contributed by atoms with Crippen LogP contribution in [0.1, 0.15) is 11.3 Å². The summed E-state index contributed by atoms with van der Waals surface area (Å²) in [5.74, 6) is 0. The number of pyridine rings is 1. The molecular formula is C18H11N3. The van der Waals surface area contributed by atoms with E-state index in [4.69, 9.17) is 15.0 Å². The predicted octanol–water partition coefficient (Wildman–Crippen LogP) is 3.75. The number of aromatic nitrogens is 3. The lowest BCUT2D eigenvalue weighted by molar-refractivity contribution is 1.13. The van der Waals surface area contributed by atoms with Crippen molar-refractivity contribution in [3.8, 4) is 11.4 Å². The van der Waals surface area contributed by atoms with Crippen LogP contribution >= 0.6 is 0 Å². The number of para-hydroxylation sites is 3. The Kier molecular flexibility index (Phi) is 2.00. The minimum Gasteiger partial charge on any atom is -0.248 e. The van der Waals surface area contributed by atoms with Crippen LogP contribution in [0.4, 0.5) is 0 Å². The number of rotatable bonds is 0. The van der Waals surface area contributed by atoms with E-state index >= 15 is 0 Å². The first-order valence-corrected chi connectivity index (χ1v) is 7.03. The topological polar surface area (TPSA) is 38.7 Å². The minimum atomic E-state index is 0.820. The molecule has 2 heterocycles. The molecule has 0 atom stereocenters. The standard InChI is InChI=1S/C18H11N3/c1-2-6-13-11(5-1)9-12-10-16-18(17(12)20-13)21-15-8-4-3-7-14(15)19-16/h1-9H,10H2. The van der Waals surface area contributed by atoms with Crippen LogP contribution < -0.4 is 0 Å². The molecule has 0 amide bonds. The van der Waals surface area contributed by atoms with Gasteiger partial charge >= 0.3 is 0 Å². The van der Waals surface area contributed by atoms with Crippen LogP contribution in [0.3, 0.4) is 0 Å². The molecule has 21 heavy (non-hydrogen) atoms. The van der Waals surface area contributed by atoms with Gasteiger partial charge in [0.2, 0.25) is 0 Å². The lowest BCUT2D eigenvalue weighted by Crippen LogP contribution is -1.92. The zero-order chi connectivity index (χ0) is 13.8. The van der Waals surface area contributed by atoms with Crippen molar-refractivity contribution in [1.82, 2.24) is 15.0 Å². The van der Waals surface area contributed by atoms with Gasteiger partial charge in [0.25, 0.3) is 0 Å². The Morgan fingerprint density at radius 2 is 1.33 bits per heavy atom. The van der Waals surface area contributed by atoms with Gasteiger partial charge in [-0.3, -0.25) is 0 Å². The number of fused-ring (bicyclic) bond motifs is 5. The molecule has 98 valence electrons. The summed E-state index contributed by atoms with van der Waals surface area (Å²) in [6, 6.07) is 18.4. The number of hydrogen-bond acceptors (Lipinski definition) is 3. The molecule has 3 nitrogen and oxygen atoms in total. The first-order valence-electron chi connectivity index (χ1n) is 7.03. The van der Waals surface area contributed by atoms with Gasteiger partial charge in [-0.2, -0.15) is 0 Å². The second kappa shape index (κ2) is 3.85. The van der Waals surface area contributed by atoms with Crippen LogP contribution in [-0.2, 0) is 6.42 Å². The van der Waals surface area contributed by atoms with Crippen molar-refractivity contribution < 1.29 is 0 Å². The van der Waals surface area contributed by atoms with Crippen LogP contribution in [0.2, 0.25) is 0 Å². The van der Waals surface area contributed by atoms with E-state index in [1.165, 1.54) is 10.9 Å². The Labute approximate surface area is 121 Å². The second-order valence-electron chi connectivity index (χ2n) is 5.37. The van der Waals surface area contributed by atoms with E-state index in [2.05, 4.69) is 12.1 Å². The van der Waals surface area contributed by atoms with E-state index in [0.29, 0.717) is 0 Å². The summed E-state index contributed by atoms with van der Waals surface area (Å²) < 4.78 is 0. The number of hydrogen-bond donors (Lipinski definition) is 0. The highest BCUT2D eigenvalue weighted by atomic mass is 14.9. The van der Waals surface area contributed by atoms with Gasteiger partial charge in [-0.1, -0.05) is 30.3 Å². The summed E-state index contributed by atoms with van der Waals surface area (Å²) in [6.45, 7) is 0. The predicted molar refractivity (Wildman–Crippen MR) is 83.1 cm³/mol. The molecule has 4 aromatic rings. The van der Waals surface area contributed by atoms with Crippen molar-refractivity contribution in [1.29, 1.82) is 0 Å². The Balaban J connectivity index is 1.84. The Morgan fingerprint density at radius 1 is 0.667 bits per heavy atom. The van der Waals surface area contributed by atoms with E-state index < -0.39 is 0 Å². The van der Waals surface area contributed by atoms with Gasteiger partial charge in [0.15, 0.2) is 0 Å². The van der Waals surface area contributed by atoms with Gasteiger partial charge in [-0.15, -0.1) is 0 Å². The first-order chi connectivity index (χ1) is 10.4. The third-order valence-electron chi connectivity index (χ3n) is 4.03. The molecule has 0 N–H and O–H groups in total. The monoisotopic (exact) mass is 269 g/mol. The maximum atomic E-state index is 4.80. The van der Waals surface area contributed by atoms with Crippen LogP contribution in [0, 0.1) is 0 Å². The molecule has 0 radical (unpaired) electrons. The summed E-state index contributed by atoms with van der Waals surface area (Å²) in [5.41, 5.74) is 7.08. The highest BCUT2D eigenvalue weighted by molar-refractivity contribution is 5.86. The summed E-state index contributed by atoms with van der Waals surface area (Å²) in [7, 11) is 0. The number of benzene rings is 2. The highest BCUT2D eigenvalue weighted by Gasteiger charge is 2.23.